The molecule has 2 aliphatic rings. The lowest BCUT2D eigenvalue weighted by molar-refractivity contribution is 0.00422. The summed E-state index contributed by atoms with van der Waals surface area (Å²) in [6, 6.07) is 16.8. The molecule has 5 heteroatoms. The minimum Gasteiger partial charge on any atom is -0.497 e. The van der Waals surface area contributed by atoms with E-state index in [4.69, 9.17) is 4.74 Å². The molecule has 0 aliphatic carbocycles. The van der Waals surface area contributed by atoms with E-state index < -0.39 is 0 Å². The fraction of sp³-hybridized carbons (Fsp3) is 0.391. The second-order valence-corrected chi connectivity index (χ2v) is 8.37. The van der Waals surface area contributed by atoms with Crippen LogP contribution in [0.5, 0.6) is 5.75 Å². The number of ether oxygens (including phenoxy) is 1. The number of rotatable bonds is 4. The van der Waals surface area contributed by atoms with Crippen molar-refractivity contribution in [3.05, 3.63) is 65.4 Å². The van der Waals surface area contributed by atoms with Crippen LogP contribution in [0.1, 0.15) is 22.9 Å². The fourth-order valence-electron chi connectivity index (χ4n) is 5.34. The summed E-state index contributed by atoms with van der Waals surface area (Å²) in [4.78, 5) is 8.47. The molecular weight excluding hydrogens is 350 g/mol. The number of hydrogen-bond donors (Lipinski definition) is 2. The molecule has 3 heterocycles. The first-order valence-electron chi connectivity index (χ1n) is 9.91. The van der Waals surface area contributed by atoms with Crippen molar-refractivity contribution >= 4 is 10.9 Å². The first-order chi connectivity index (χ1) is 13.6. The third-order valence-electron chi connectivity index (χ3n) is 6.39. The van der Waals surface area contributed by atoms with E-state index in [1.54, 1.807) is 7.11 Å². The van der Waals surface area contributed by atoms with E-state index in [0.717, 1.165) is 37.4 Å². The number of hydrogen-bond acceptors (Lipinski definition) is 4. The molecule has 1 atom stereocenters. The van der Waals surface area contributed by atoms with Gasteiger partial charge in [-0.2, -0.15) is 0 Å². The SMILES string of the molecule is COc1ccc2c3c([nH]c2c1)[C@@H](CO)N(Cc1ccccc1)CC31CN(C)C1. The molecular formula is C23H27N3O2. The first kappa shape index (κ1) is 17.7. The van der Waals surface area contributed by atoms with Crippen molar-refractivity contribution in [2.24, 2.45) is 0 Å². The van der Waals surface area contributed by atoms with Gasteiger partial charge in [-0.15, -0.1) is 0 Å². The Kier molecular flexibility index (Phi) is 4.19. The smallest absolute Gasteiger partial charge is 0.120 e. The Morgan fingerprint density at radius 2 is 1.93 bits per heavy atom. The second kappa shape index (κ2) is 6.62. The lowest BCUT2D eigenvalue weighted by Crippen LogP contribution is -2.65. The van der Waals surface area contributed by atoms with Crippen LogP contribution in [-0.2, 0) is 12.0 Å². The summed E-state index contributed by atoms with van der Waals surface area (Å²) in [6.45, 7) is 4.00. The van der Waals surface area contributed by atoms with Crippen LogP contribution in [-0.4, -0.2) is 60.3 Å². The van der Waals surface area contributed by atoms with Crippen molar-refractivity contribution < 1.29 is 9.84 Å². The largest absolute Gasteiger partial charge is 0.497 e. The molecule has 0 bridgehead atoms. The molecule has 28 heavy (non-hydrogen) atoms. The Bertz CT molecular complexity index is 992. The molecule has 1 fully saturated rings. The van der Waals surface area contributed by atoms with Gasteiger partial charge in [0, 0.05) is 54.3 Å². The number of likely N-dealkylation sites (N-methyl/N-ethyl adjacent to an activating group) is 1. The number of aromatic nitrogens is 1. The summed E-state index contributed by atoms with van der Waals surface area (Å²) < 4.78 is 5.43. The highest BCUT2D eigenvalue weighted by molar-refractivity contribution is 5.88. The highest BCUT2D eigenvalue weighted by atomic mass is 16.5. The topological polar surface area (TPSA) is 51.7 Å². The second-order valence-electron chi connectivity index (χ2n) is 8.37. The average Bonchev–Trinajstić information content (AvgIpc) is 3.06. The average molecular weight is 377 g/mol. The fourth-order valence-corrected chi connectivity index (χ4v) is 5.34. The molecule has 0 saturated carbocycles. The lowest BCUT2D eigenvalue weighted by atomic mass is 9.69. The van der Waals surface area contributed by atoms with Crippen LogP contribution in [0.25, 0.3) is 10.9 Å². The van der Waals surface area contributed by atoms with E-state index in [2.05, 4.69) is 64.3 Å². The number of benzene rings is 2. The van der Waals surface area contributed by atoms with Crippen LogP contribution in [0, 0.1) is 0 Å². The molecule has 0 amide bonds. The zero-order valence-electron chi connectivity index (χ0n) is 16.5. The van der Waals surface area contributed by atoms with Crippen molar-refractivity contribution in [3.8, 4) is 5.75 Å². The molecule has 2 N–H and O–H groups in total. The quantitative estimate of drug-likeness (QED) is 0.734. The summed E-state index contributed by atoms with van der Waals surface area (Å²) in [5.74, 6) is 0.854. The van der Waals surface area contributed by atoms with Crippen molar-refractivity contribution in [3.63, 3.8) is 0 Å². The summed E-state index contributed by atoms with van der Waals surface area (Å²) in [5, 5.41) is 11.6. The van der Waals surface area contributed by atoms with Gasteiger partial charge in [0.05, 0.1) is 19.8 Å². The number of fused-ring (bicyclic) bond motifs is 4. The van der Waals surface area contributed by atoms with E-state index in [9.17, 15) is 5.11 Å². The Balaban J connectivity index is 1.63. The third kappa shape index (κ3) is 2.65. The number of H-pyrrole nitrogens is 1. The molecule has 3 aromatic rings. The van der Waals surface area contributed by atoms with E-state index in [0.29, 0.717) is 0 Å². The standard InChI is InChI=1S/C23H27N3O2/c1-25-13-23(14-25)15-26(11-16-6-4-3-5-7-16)20(12-27)22-21(23)18-9-8-17(28-2)10-19(18)24-22/h3-10,20,24,27H,11-15H2,1-2H3/t20-/m1/s1. The molecule has 5 rings (SSSR count). The van der Waals surface area contributed by atoms with Gasteiger partial charge >= 0.3 is 0 Å². The van der Waals surface area contributed by atoms with Crippen molar-refractivity contribution in [2.75, 3.05) is 40.4 Å². The predicted molar refractivity (Wildman–Crippen MR) is 111 cm³/mol. The molecule has 1 spiro atoms. The lowest BCUT2D eigenvalue weighted by Gasteiger charge is -2.55. The van der Waals surface area contributed by atoms with Gasteiger partial charge in [-0.05, 0) is 30.3 Å². The predicted octanol–water partition coefficient (Wildman–Crippen LogP) is 2.91. The molecule has 0 unspecified atom stereocenters. The van der Waals surface area contributed by atoms with Crippen LogP contribution in [0.3, 0.4) is 0 Å². The van der Waals surface area contributed by atoms with Gasteiger partial charge in [-0.3, -0.25) is 4.90 Å². The van der Waals surface area contributed by atoms with Crippen LogP contribution in [0.2, 0.25) is 0 Å². The maximum absolute atomic E-state index is 10.3. The Hall–Kier alpha value is -2.34. The highest BCUT2D eigenvalue weighted by Gasteiger charge is 2.51. The monoisotopic (exact) mass is 377 g/mol. The van der Waals surface area contributed by atoms with Crippen molar-refractivity contribution in [1.82, 2.24) is 14.8 Å². The summed E-state index contributed by atoms with van der Waals surface area (Å²) in [6.07, 6.45) is 0. The van der Waals surface area contributed by atoms with E-state index >= 15 is 0 Å². The van der Waals surface area contributed by atoms with Crippen LogP contribution in [0.4, 0.5) is 0 Å². The summed E-state index contributed by atoms with van der Waals surface area (Å²) in [5.41, 5.74) is 5.05. The number of aliphatic hydroxyl groups excluding tert-OH is 1. The molecule has 2 aliphatic heterocycles. The number of nitrogens with zero attached hydrogens (tertiary/aromatic N) is 2. The number of nitrogens with one attached hydrogen (secondary N) is 1. The van der Waals surface area contributed by atoms with E-state index in [1.807, 2.05) is 6.07 Å². The van der Waals surface area contributed by atoms with Gasteiger partial charge < -0.3 is 19.7 Å². The van der Waals surface area contributed by atoms with Crippen molar-refractivity contribution in [1.29, 1.82) is 0 Å². The Morgan fingerprint density at radius 3 is 2.61 bits per heavy atom. The van der Waals surface area contributed by atoms with Gasteiger partial charge in [0.15, 0.2) is 0 Å². The molecule has 2 aromatic carbocycles. The number of aliphatic hydroxyl groups is 1. The van der Waals surface area contributed by atoms with Crippen LogP contribution >= 0.6 is 0 Å². The minimum absolute atomic E-state index is 0.0230. The van der Waals surface area contributed by atoms with Gasteiger partial charge in [0.25, 0.3) is 0 Å². The minimum atomic E-state index is -0.0230. The molecule has 5 nitrogen and oxygen atoms in total. The maximum atomic E-state index is 10.3. The molecule has 1 aromatic heterocycles. The number of likely N-dealkylation sites (tertiary alicyclic amines) is 1. The van der Waals surface area contributed by atoms with E-state index in [-0.39, 0.29) is 18.1 Å². The molecule has 146 valence electrons. The summed E-state index contributed by atoms with van der Waals surface area (Å²) in [7, 11) is 3.88. The Labute approximate surface area is 165 Å². The molecule has 1 saturated heterocycles. The zero-order valence-corrected chi connectivity index (χ0v) is 16.5. The zero-order chi connectivity index (χ0) is 19.3. The molecule has 0 radical (unpaired) electrons. The highest BCUT2D eigenvalue weighted by Crippen LogP contribution is 2.48. The number of aromatic amines is 1. The van der Waals surface area contributed by atoms with E-state index in [1.165, 1.54) is 22.2 Å². The van der Waals surface area contributed by atoms with Crippen LogP contribution in [0.15, 0.2) is 48.5 Å². The van der Waals surface area contributed by atoms with Gasteiger partial charge in [0.2, 0.25) is 0 Å². The maximum Gasteiger partial charge on any atom is 0.120 e. The van der Waals surface area contributed by atoms with Gasteiger partial charge in [-0.1, -0.05) is 30.3 Å². The first-order valence-corrected chi connectivity index (χ1v) is 9.91. The van der Waals surface area contributed by atoms with Crippen LogP contribution < -0.4 is 4.74 Å². The Morgan fingerprint density at radius 1 is 1.14 bits per heavy atom. The normalized spacial score (nSPS) is 21.6. The number of methoxy groups -OCH3 is 1. The third-order valence-corrected chi connectivity index (χ3v) is 6.39. The van der Waals surface area contributed by atoms with Gasteiger partial charge in [-0.25, -0.2) is 0 Å². The van der Waals surface area contributed by atoms with Gasteiger partial charge in [0.1, 0.15) is 5.75 Å². The van der Waals surface area contributed by atoms with Crippen molar-refractivity contribution in [2.45, 2.75) is 18.0 Å². The summed E-state index contributed by atoms with van der Waals surface area (Å²) >= 11 is 0.